The number of nitrogens with zero attached hydrogens (tertiary/aromatic N) is 1. The van der Waals surface area contributed by atoms with Gasteiger partial charge in [-0.2, -0.15) is 0 Å². The summed E-state index contributed by atoms with van der Waals surface area (Å²) in [7, 11) is 1.71. The number of methoxy groups -OCH3 is 1. The zero-order valence-electron chi connectivity index (χ0n) is 15.2. The van der Waals surface area contributed by atoms with E-state index in [2.05, 4.69) is 28.7 Å². The van der Waals surface area contributed by atoms with Crippen molar-refractivity contribution in [3.63, 3.8) is 0 Å². The number of benzene rings is 2. The van der Waals surface area contributed by atoms with Crippen LogP contribution in [0.4, 0.5) is 0 Å². The Hall–Kier alpha value is -2.37. The Morgan fingerprint density at radius 2 is 1.88 bits per heavy atom. The maximum Gasteiger partial charge on any atom is 0.140 e. The maximum atomic E-state index is 5.78. The van der Waals surface area contributed by atoms with Crippen molar-refractivity contribution in [1.29, 1.82) is 0 Å². The Morgan fingerprint density at radius 1 is 1.08 bits per heavy atom. The standard InChI is InChI=1S/C21H24N2O2S/c1-16-7-9-19(10-8-16)25-14-21-23-18(15-26-21)13-22-12-11-17-5-3-4-6-20(17)24-2/h3-10,15,22H,11-14H2,1-2H3. The number of ether oxygens (including phenoxy) is 2. The summed E-state index contributed by atoms with van der Waals surface area (Å²) in [6.45, 7) is 4.22. The molecule has 0 aliphatic heterocycles. The third-order valence-corrected chi connectivity index (χ3v) is 4.92. The molecule has 0 aliphatic rings. The summed E-state index contributed by atoms with van der Waals surface area (Å²) in [5.41, 5.74) is 3.50. The van der Waals surface area contributed by atoms with Gasteiger partial charge in [-0.3, -0.25) is 0 Å². The number of aromatic nitrogens is 1. The minimum absolute atomic E-state index is 0.509. The molecule has 0 bridgehead atoms. The van der Waals surface area contributed by atoms with E-state index in [9.17, 15) is 0 Å². The van der Waals surface area contributed by atoms with Crippen molar-refractivity contribution in [2.45, 2.75) is 26.5 Å². The number of hydrogen-bond acceptors (Lipinski definition) is 5. The molecule has 0 radical (unpaired) electrons. The third kappa shape index (κ3) is 5.31. The highest BCUT2D eigenvalue weighted by Gasteiger charge is 2.04. The molecule has 1 N–H and O–H groups in total. The fourth-order valence-electron chi connectivity index (χ4n) is 2.62. The molecule has 2 aromatic carbocycles. The molecule has 3 rings (SSSR count). The van der Waals surface area contributed by atoms with Crippen molar-refractivity contribution < 1.29 is 9.47 Å². The van der Waals surface area contributed by atoms with Crippen LogP contribution in [0.3, 0.4) is 0 Å². The van der Waals surface area contributed by atoms with Crippen molar-refractivity contribution in [1.82, 2.24) is 10.3 Å². The van der Waals surface area contributed by atoms with Gasteiger partial charge in [0.05, 0.1) is 12.8 Å². The fraction of sp³-hybridized carbons (Fsp3) is 0.286. The van der Waals surface area contributed by atoms with Gasteiger partial charge in [0.15, 0.2) is 0 Å². The predicted octanol–water partition coefficient (Wildman–Crippen LogP) is 4.37. The lowest BCUT2D eigenvalue weighted by Gasteiger charge is -2.08. The van der Waals surface area contributed by atoms with Gasteiger partial charge in [0.1, 0.15) is 23.1 Å². The van der Waals surface area contributed by atoms with Gasteiger partial charge in [0, 0.05) is 11.9 Å². The lowest BCUT2D eigenvalue weighted by atomic mass is 10.1. The van der Waals surface area contributed by atoms with E-state index in [0.717, 1.165) is 41.7 Å². The van der Waals surface area contributed by atoms with Crippen LogP contribution in [0.15, 0.2) is 53.9 Å². The van der Waals surface area contributed by atoms with E-state index in [1.54, 1.807) is 18.4 Å². The van der Waals surface area contributed by atoms with Crippen LogP contribution >= 0.6 is 11.3 Å². The van der Waals surface area contributed by atoms with E-state index < -0.39 is 0 Å². The molecule has 5 heteroatoms. The van der Waals surface area contributed by atoms with Gasteiger partial charge in [-0.15, -0.1) is 11.3 Å². The molecular formula is C21H24N2O2S. The summed E-state index contributed by atoms with van der Waals surface area (Å²) in [5.74, 6) is 1.82. The van der Waals surface area contributed by atoms with Gasteiger partial charge in [-0.25, -0.2) is 4.98 Å². The molecule has 0 atom stereocenters. The van der Waals surface area contributed by atoms with E-state index in [1.165, 1.54) is 11.1 Å². The second-order valence-corrected chi connectivity index (χ2v) is 7.02. The van der Waals surface area contributed by atoms with Crippen molar-refractivity contribution >= 4 is 11.3 Å². The number of hydrogen-bond donors (Lipinski definition) is 1. The highest BCUT2D eigenvalue weighted by Crippen LogP contribution is 2.18. The van der Waals surface area contributed by atoms with Crippen LogP contribution in [0.25, 0.3) is 0 Å². The first-order chi connectivity index (χ1) is 12.7. The molecule has 0 saturated carbocycles. The average molecular weight is 369 g/mol. The number of rotatable bonds is 9. The first kappa shape index (κ1) is 18.4. The van der Waals surface area contributed by atoms with Crippen LogP contribution in [0.1, 0.15) is 21.8 Å². The van der Waals surface area contributed by atoms with E-state index in [-0.39, 0.29) is 0 Å². The summed E-state index contributed by atoms with van der Waals surface area (Å²) in [6, 6.07) is 16.2. The van der Waals surface area contributed by atoms with E-state index >= 15 is 0 Å². The zero-order valence-corrected chi connectivity index (χ0v) is 16.0. The summed E-state index contributed by atoms with van der Waals surface area (Å²) in [4.78, 5) is 4.63. The van der Waals surface area contributed by atoms with Crippen LogP contribution in [0, 0.1) is 6.92 Å². The number of thiazole rings is 1. The molecule has 1 aromatic heterocycles. The van der Waals surface area contributed by atoms with Gasteiger partial charge >= 0.3 is 0 Å². The normalized spacial score (nSPS) is 10.7. The van der Waals surface area contributed by atoms with Crippen LogP contribution < -0.4 is 14.8 Å². The van der Waals surface area contributed by atoms with Crippen LogP contribution in [0.5, 0.6) is 11.5 Å². The Bertz CT molecular complexity index is 815. The first-order valence-corrected chi connectivity index (χ1v) is 9.58. The quantitative estimate of drug-likeness (QED) is 0.570. The van der Waals surface area contributed by atoms with Crippen molar-refractivity contribution in [3.8, 4) is 11.5 Å². The zero-order chi connectivity index (χ0) is 18.2. The third-order valence-electron chi connectivity index (χ3n) is 4.05. The predicted molar refractivity (Wildman–Crippen MR) is 106 cm³/mol. The molecule has 0 fully saturated rings. The lowest BCUT2D eigenvalue weighted by Crippen LogP contribution is -2.17. The van der Waals surface area contributed by atoms with E-state index in [1.807, 2.05) is 42.5 Å². The number of aryl methyl sites for hydroxylation is 1. The molecule has 136 valence electrons. The molecule has 0 spiro atoms. The SMILES string of the molecule is COc1ccccc1CCNCc1csc(COc2ccc(C)cc2)n1. The summed E-state index contributed by atoms with van der Waals surface area (Å²) >= 11 is 1.64. The molecule has 0 unspecified atom stereocenters. The second kappa shape index (κ2) is 9.36. The molecule has 0 amide bonds. The van der Waals surface area contributed by atoms with Gasteiger partial charge in [0.25, 0.3) is 0 Å². The minimum atomic E-state index is 0.509. The topological polar surface area (TPSA) is 43.4 Å². The largest absolute Gasteiger partial charge is 0.496 e. The van der Waals surface area contributed by atoms with E-state index in [4.69, 9.17) is 9.47 Å². The van der Waals surface area contributed by atoms with Crippen molar-refractivity contribution in [2.75, 3.05) is 13.7 Å². The lowest BCUT2D eigenvalue weighted by molar-refractivity contribution is 0.305. The average Bonchev–Trinajstić information content (AvgIpc) is 3.13. The molecule has 0 aliphatic carbocycles. The minimum Gasteiger partial charge on any atom is -0.496 e. The van der Waals surface area contributed by atoms with Crippen LogP contribution in [-0.4, -0.2) is 18.6 Å². The number of nitrogens with one attached hydrogen (secondary N) is 1. The summed E-state index contributed by atoms with van der Waals surface area (Å²) < 4.78 is 11.2. The molecule has 26 heavy (non-hydrogen) atoms. The summed E-state index contributed by atoms with van der Waals surface area (Å²) in [6.07, 6.45) is 0.928. The van der Waals surface area contributed by atoms with E-state index in [0.29, 0.717) is 6.61 Å². The molecule has 1 heterocycles. The molecule has 3 aromatic rings. The molecular weight excluding hydrogens is 344 g/mol. The highest BCUT2D eigenvalue weighted by atomic mass is 32.1. The Labute approximate surface area is 158 Å². The van der Waals surface area contributed by atoms with Gasteiger partial charge in [-0.05, 0) is 43.7 Å². The van der Waals surface area contributed by atoms with Gasteiger partial charge < -0.3 is 14.8 Å². The molecule has 0 saturated heterocycles. The smallest absolute Gasteiger partial charge is 0.140 e. The Balaban J connectivity index is 1.41. The van der Waals surface area contributed by atoms with Crippen molar-refractivity contribution in [2.24, 2.45) is 0 Å². The Morgan fingerprint density at radius 3 is 2.69 bits per heavy atom. The monoisotopic (exact) mass is 368 g/mol. The van der Waals surface area contributed by atoms with Crippen molar-refractivity contribution in [3.05, 3.63) is 75.7 Å². The summed E-state index contributed by atoms with van der Waals surface area (Å²) in [5, 5.41) is 6.52. The second-order valence-electron chi connectivity index (χ2n) is 6.07. The first-order valence-electron chi connectivity index (χ1n) is 8.70. The maximum absolute atomic E-state index is 5.78. The fourth-order valence-corrected chi connectivity index (χ4v) is 3.33. The Kier molecular flexibility index (Phi) is 6.63. The molecule has 4 nitrogen and oxygen atoms in total. The number of para-hydroxylation sites is 1. The highest BCUT2D eigenvalue weighted by molar-refractivity contribution is 7.09. The van der Waals surface area contributed by atoms with Gasteiger partial charge in [0.2, 0.25) is 0 Å². The van der Waals surface area contributed by atoms with Crippen LogP contribution in [-0.2, 0) is 19.6 Å². The van der Waals surface area contributed by atoms with Gasteiger partial charge in [-0.1, -0.05) is 35.9 Å². The van der Waals surface area contributed by atoms with Crippen LogP contribution in [0.2, 0.25) is 0 Å².